The summed E-state index contributed by atoms with van der Waals surface area (Å²) < 4.78 is 79.9. The predicted octanol–water partition coefficient (Wildman–Crippen LogP) is 4.37. The van der Waals surface area contributed by atoms with Crippen molar-refractivity contribution in [1.82, 2.24) is 14.9 Å². The van der Waals surface area contributed by atoms with Crippen LogP contribution in [-0.4, -0.2) is 33.5 Å². The molecule has 0 bridgehead atoms. The van der Waals surface area contributed by atoms with E-state index in [1.165, 1.54) is 6.20 Å². The van der Waals surface area contributed by atoms with E-state index in [1.54, 1.807) is 0 Å². The first-order valence-corrected chi connectivity index (χ1v) is 9.96. The SMILES string of the molecule is N[C@H]1C[C@@H](N2CCc3cnc(C(F)(F)F)nc3C2)CCC1[C@H]1CC(F)=C(F)C=C1F. The maximum Gasteiger partial charge on any atom is 0.451 e. The molecule has 4 nitrogen and oxygen atoms in total. The van der Waals surface area contributed by atoms with Gasteiger partial charge in [0.05, 0.1) is 5.69 Å². The summed E-state index contributed by atoms with van der Waals surface area (Å²) in [6, 6.07) is -0.402. The number of nitrogens with two attached hydrogens (primary N) is 1. The third-order valence-electron chi connectivity index (χ3n) is 6.47. The number of nitrogens with zero attached hydrogens (tertiary/aromatic N) is 3. The van der Waals surface area contributed by atoms with E-state index in [1.807, 2.05) is 0 Å². The Kier molecular flexibility index (Phi) is 5.65. The number of fused-ring (bicyclic) bond motifs is 1. The normalized spacial score (nSPS) is 30.8. The van der Waals surface area contributed by atoms with Gasteiger partial charge in [-0.25, -0.2) is 23.1 Å². The van der Waals surface area contributed by atoms with Gasteiger partial charge in [0.2, 0.25) is 5.82 Å². The summed E-state index contributed by atoms with van der Waals surface area (Å²) in [4.78, 5) is 9.19. The second-order valence-electron chi connectivity index (χ2n) is 8.27. The number of alkyl halides is 3. The molecular formula is C20H22F6N4. The minimum absolute atomic E-state index is 0.0152. The highest BCUT2D eigenvalue weighted by molar-refractivity contribution is 5.26. The van der Waals surface area contributed by atoms with E-state index < -0.39 is 41.4 Å². The molecule has 1 aromatic heterocycles. The molecule has 0 saturated heterocycles. The Bertz CT molecular complexity index is 881. The summed E-state index contributed by atoms with van der Waals surface area (Å²) in [5.41, 5.74) is 7.37. The molecule has 1 aromatic rings. The fraction of sp³-hybridized carbons (Fsp3) is 0.600. The standard InChI is InChI=1S/C20H22F6N4/c21-14-7-16(23)15(22)6-13(14)12-2-1-11(5-17(12)27)30-4-3-10-8-28-19(20(24,25)26)29-18(10)9-30/h7-8,11-13,17H,1-6,9,27H2/t11-,12?,13+,17-/m0/s1. The molecule has 4 atom stereocenters. The molecule has 2 N–H and O–H groups in total. The largest absolute Gasteiger partial charge is 0.451 e. The molecule has 0 amide bonds. The zero-order chi connectivity index (χ0) is 21.6. The van der Waals surface area contributed by atoms with Crippen molar-refractivity contribution in [2.45, 2.75) is 56.9 Å². The van der Waals surface area contributed by atoms with Crippen LogP contribution < -0.4 is 5.73 Å². The third-order valence-corrected chi connectivity index (χ3v) is 6.47. The smallest absolute Gasteiger partial charge is 0.327 e. The minimum Gasteiger partial charge on any atom is -0.327 e. The van der Waals surface area contributed by atoms with E-state index in [-0.39, 0.29) is 24.9 Å². The van der Waals surface area contributed by atoms with Gasteiger partial charge >= 0.3 is 6.18 Å². The molecule has 4 rings (SSSR count). The van der Waals surface area contributed by atoms with Gasteiger partial charge < -0.3 is 5.73 Å². The molecule has 0 aromatic carbocycles. The van der Waals surface area contributed by atoms with Gasteiger partial charge in [-0.05, 0) is 37.2 Å². The van der Waals surface area contributed by atoms with Gasteiger partial charge in [-0.3, -0.25) is 4.90 Å². The first-order chi connectivity index (χ1) is 14.1. The van der Waals surface area contributed by atoms with Crippen LogP contribution in [0, 0.1) is 11.8 Å². The van der Waals surface area contributed by atoms with Crippen LogP contribution in [0.4, 0.5) is 26.3 Å². The van der Waals surface area contributed by atoms with E-state index >= 15 is 0 Å². The maximum absolute atomic E-state index is 14.2. The van der Waals surface area contributed by atoms with E-state index in [0.29, 0.717) is 49.6 Å². The number of rotatable bonds is 2. The second kappa shape index (κ2) is 7.96. The Morgan fingerprint density at radius 3 is 2.60 bits per heavy atom. The number of aromatic nitrogens is 2. The molecule has 1 aliphatic heterocycles. The Morgan fingerprint density at radius 1 is 1.13 bits per heavy atom. The van der Waals surface area contributed by atoms with Gasteiger partial charge in [0.25, 0.3) is 0 Å². The molecule has 3 aliphatic rings. The van der Waals surface area contributed by atoms with E-state index in [9.17, 15) is 26.3 Å². The Balaban J connectivity index is 1.43. The molecule has 1 saturated carbocycles. The van der Waals surface area contributed by atoms with Crippen LogP contribution in [0.15, 0.2) is 29.8 Å². The molecule has 0 spiro atoms. The molecule has 10 heteroatoms. The highest BCUT2D eigenvalue weighted by Gasteiger charge is 2.40. The third kappa shape index (κ3) is 4.12. The van der Waals surface area contributed by atoms with Crippen molar-refractivity contribution in [3.63, 3.8) is 0 Å². The summed E-state index contributed by atoms with van der Waals surface area (Å²) in [5.74, 6) is -5.04. The lowest BCUT2D eigenvalue weighted by Crippen LogP contribution is -2.49. The number of hydrogen-bond acceptors (Lipinski definition) is 4. The van der Waals surface area contributed by atoms with Crippen molar-refractivity contribution in [2.75, 3.05) is 6.54 Å². The van der Waals surface area contributed by atoms with Gasteiger partial charge in [0, 0.05) is 49.8 Å². The highest BCUT2D eigenvalue weighted by Crippen LogP contribution is 2.42. The Morgan fingerprint density at radius 2 is 1.90 bits per heavy atom. The van der Waals surface area contributed by atoms with Crippen molar-refractivity contribution >= 4 is 0 Å². The quantitative estimate of drug-likeness (QED) is 0.705. The maximum atomic E-state index is 14.2. The Hall–Kier alpha value is -1.94. The molecular weight excluding hydrogens is 410 g/mol. The topological polar surface area (TPSA) is 55.0 Å². The van der Waals surface area contributed by atoms with Crippen LogP contribution in [0.5, 0.6) is 0 Å². The average Bonchev–Trinajstić information content (AvgIpc) is 2.69. The number of allylic oxidation sites excluding steroid dienone is 4. The van der Waals surface area contributed by atoms with Crippen molar-refractivity contribution in [2.24, 2.45) is 17.6 Å². The lowest BCUT2D eigenvalue weighted by Gasteiger charge is -2.43. The van der Waals surface area contributed by atoms with Crippen molar-refractivity contribution in [3.8, 4) is 0 Å². The molecule has 164 valence electrons. The van der Waals surface area contributed by atoms with Crippen molar-refractivity contribution in [3.05, 3.63) is 46.8 Å². The molecule has 1 unspecified atom stereocenters. The van der Waals surface area contributed by atoms with E-state index in [4.69, 9.17) is 5.73 Å². The van der Waals surface area contributed by atoms with Gasteiger partial charge in [-0.15, -0.1) is 0 Å². The van der Waals surface area contributed by atoms with Crippen LogP contribution in [0.1, 0.15) is 42.8 Å². The van der Waals surface area contributed by atoms with Gasteiger partial charge in [0.15, 0.2) is 5.83 Å². The van der Waals surface area contributed by atoms with Crippen LogP contribution in [0.3, 0.4) is 0 Å². The summed E-state index contributed by atoms with van der Waals surface area (Å²) in [6.45, 7) is 0.910. The van der Waals surface area contributed by atoms with Crippen LogP contribution in [0.25, 0.3) is 0 Å². The van der Waals surface area contributed by atoms with Crippen LogP contribution >= 0.6 is 0 Å². The monoisotopic (exact) mass is 432 g/mol. The van der Waals surface area contributed by atoms with Crippen molar-refractivity contribution in [1.29, 1.82) is 0 Å². The highest BCUT2D eigenvalue weighted by atomic mass is 19.4. The molecule has 2 aliphatic carbocycles. The van der Waals surface area contributed by atoms with Gasteiger partial charge in [-0.1, -0.05) is 0 Å². The predicted molar refractivity (Wildman–Crippen MR) is 96.8 cm³/mol. The Labute approximate surface area is 169 Å². The molecule has 30 heavy (non-hydrogen) atoms. The fourth-order valence-electron chi connectivity index (χ4n) is 4.86. The van der Waals surface area contributed by atoms with E-state index in [0.717, 1.165) is 0 Å². The average molecular weight is 432 g/mol. The molecule has 0 radical (unpaired) electrons. The van der Waals surface area contributed by atoms with Crippen molar-refractivity contribution < 1.29 is 26.3 Å². The lowest BCUT2D eigenvalue weighted by molar-refractivity contribution is -0.145. The number of hydrogen-bond donors (Lipinski definition) is 1. The summed E-state index contributed by atoms with van der Waals surface area (Å²) >= 11 is 0. The first kappa shape index (κ1) is 21.3. The van der Waals surface area contributed by atoms with Crippen LogP contribution in [-0.2, 0) is 19.1 Å². The van der Waals surface area contributed by atoms with Gasteiger partial charge in [0.1, 0.15) is 11.7 Å². The second-order valence-corrected chi connectivity index (χ2v) is 8.27. The minimum atomic E-state index is -4.60. The first-order valence-electron chi connectivity index (χ1n) is 9.96. The summed E-state index contributed by atoms with van der Waals surface area (Å²) in [6.07, 6.45) is -0.848. The zero-order valence-electron chi connectivity index (χ0n) is 16.1. The molecule has 1 fully saturated rings. The molecule has 2 heterocycles. The van der Waals surface area contributed by atoms with E-state index in [2.05, 4.69) is 14.9 Å². The van der Waals surface area contributed by atoms with Crippen LogP contribution in [0.2, 0.25) is 0 Å². The zero-order valence-corrected chi connectivity index (χ0v) is 16.1. The fourth-order valence-corrected chi connectivity index (χ4v) is 4.86. The lowest BCUT2D eigenvalue weighted by atomic mass is 9.72. The summed E-state index contributed by atoms with van der Waals surface area (Å²) in [5, 5.41) is 0. The van der Waals surface area contributed by atoms with Gasteiger partial charge in [-0.2, -0.15) is 13.2 Å². The summed E-state index contributed by atoms with van der Waals surface area (Å²) in [7, 11) is 0. The number of halogens is 6.